The normalized spacial score (nSPS) is 11.5. The number of nitrogens with one attached hydrogen (secondary N) is 3. The van der Waals surface area contributed by atoms with Crippen molar-refractivity contribution in [3.63, 3.8) is 0 Å². The number of carbonyl (C=O) groups excluding carboxylic acids is 1. The van der Waals surface area contributed by atoms with Gasteiger partial charge in [-0.2, -0.15) is 13.2 Å². The monoisotopic (exact) mass is 563 g/mol. The van der Waals surface area contributed by atoms with Gasteiger partial charge in [0.05, 0.1) is 34.8 Å². The molecule has 0 bridgehead atoms. The molecule has 1 heterocycles. The van der Waals surface area contributed by atoms with Crippen LogP contribution < -0.4 is 31.3 Å². The maximum atomic E-state index is 13.2. The lowest BCUT2D eigenvalue weighted by atomic mass is 10.1. The number of amides is 1. The third-order valence-electron chi connectivity index (χ3n) is 5.29. The van der Waals surface area contributed by atoms with Crippen molar-refractivity contribution in [2.24, 2.45) is 5.73 Å². The van der Waals surface area contributed by atoms with Gasteiger partial charge in [0.1, 0.15) is 23.7 Å². The lowest BCUT2D eigenvalue weighted by molar-refractivity contribution is -0.137. The van der Waals surface area contributed by atoms with E-state index in [0.717, 1.165) is 18.2 Å². The van der Waals surface area contributed by atoms with Gasteiger partial charge in [-0.25, -0.2) is 9.97 Å². The summed E-state index contributed by atoms with van der Waals surface area (Å²) in [6.07, 6.45) is -2.22. The number of carbonyl (C=O) groups is 1. The number of methoxy groups -OCH3 is 1. The highest BCUT2D eigenvalue weighted by molar-refractivity contribution is 6.31. The molecular formula is C26H29ClF3N7O2. The molecule has 0 radical (unpaired) electrons. The van der Waals surface area contributed by atoms with E-state index in [1.54, 1.807) is 12.1 Å². The summed E-state index contributed by atoms with van der Waals surface area (Å²) in [6, 6.07) is 8.36. The zero-order valence-corrected chi connectivity index (χ0v) is 22.5. The average molecular weight is 564 g/mol. The van der Waals surface area contributed by atoms with Crippen molar-refractivity contribution in [3.8, 4) is 5.75 Å². The second kappa shape index (κ2) is 11.8. The fraction of sp³-hybridized carbons (Fsp3) is 0.269. The number of benzene rings is 2. The molecule has 0 aliphatic heterocycles. The lowest BCUT2D eigenvalue weighted by Gasteiger charge is -2.30. The molecule has 3 aromatic rings. The Morgan fingerprint density at radius 2 is 1.79 bits per heavy atom. The molecule has 208 valence electrons. The standard InChI is InChI=1S/C26H29ClF3N7O2/c1-6-24(38)36-18-10-19(21(39-5)11-20(18)37(4)13-25(2,3)31)35-23-12-22(32-14-33-23)34-15-7-8-17(27)16(9-15)26(28,29)30/h6-12,14H,1,13,31H2,2-5H3,(H,36,38)(H2,32,33,34,35). The van der Waals surface area contributed by atoms with Crippen LogP contribution in [0.3, 0.4) is 0 Å². The molecule has 0 saturated heterocycles. The van der Waals surface area contributed by atoms with E-state index in [4.69, 9.17) is 22.1 Å². The van der Waals surface area contributed by atoms with E-state index in [2.05, 4.69) is 32.5 Å². The first-order chi connectivity index (χ1) is 18.2. The summed E-state index contributed by atoms with van der Waals surface area (Å²) in [4.78, 5) is 22.3. The van der Waals surface area contributed by atoms with Crippen molar-refractivity contribution >= 4 is 51.9 Å². The van der Waals surface area contributed by atoms with Crippen LogP contribution in [-0.2, 0) is 11.0 Å². The summed E-state index contributed by atoms with van der Waals surface area (Å²) in [6.45, 7) is 7.74. The molecule has 9 nitrogen and oxygen atoms in total. The van der Waals surface area contributed by atoms with E-state index in [-0.39, 0.29) is 11.5 Å². The summed E-state index contributed by atoms with van der Waals surface area (Å²) < 4.78 is 45.3. The van der Waals surface area contributed by atoms with Crippen molar-refractivity contribution in [1.82, 2.24) is 9.97 Å². The number of halogens is 4. The van der Waals surface area contributed by atoms with E-state index in [0.29, 0.717) is 35.2 Å². The Morgan fingerprint density at radius 1 is 1.13 bits per heavy atom. The Kier molecular flexibility index (Phi) is 8.92. The van der Waals surface area contributed by atoms with Crippen LogP contribution in [0.2, 0.25) is 5.02 Å². The number of hydrogen-bond donors (Lipinski definition) is 4. The van der Waals surface area contributed by atoms with Gasteiger partial charge in [0.25, 0.3) is 0 Å². The van der Waals surface area contributed by atoms with E-state index in [1.165, 1.54) is 25.6 Å². The maximum absolute atomic E-state index is 13.2. The first kappa shape index (κ1) is 29.5. The van der Waals surface area contributed by atoms with E-state index in [9.17, 15) is 18.0 Å². The molecule has 39 heavy (non-hydrogen) atoms. The van der Waals surface area contributed by atoms with Gasteiger partial charge in [0.15, 0.2) is 0 Å². The van der Waals surface area contributed by atoms with Gasteiger partial charge in [-0.05, 0) is 44.2 Å². The minimum Gasteiger partial charge on any atom is -0.494 e. The van der Waals surface area contributed by atoms with Gasteiger partial charge in [-0.1, -0.05) is 18.2 Å². The quantitative estimate of drug-likeness (QED) is 0.224. The number of nitrogens with two attached hydrogens (primary N) is 1. The summed E-state index contributed by atoms with van der Waals surface area (Å²) in [5.74, 6) is 0.552. The van der Waals surface area contributed by atoms with Crippen molar-refractivity contribution < 1.29 is 22.7 Å². The van der Waals surface area contributed by atoms with E-state index < -0.39 is 28.2 Å². The SMILES string of the molecule is C=CC(=O)Nc1cc(Nc2cc(Nc3ccc(Cl)c(C(F)(F)F)c3)ncn2)c(OC)cc1N(C)CC(C)(C)N. The Labute approximate surface area is 229 Å². The molecular weight excluding hydrogens is 535 g/mol. The predicted molar refractivity (Wildman–Crippen MR) is 148 cm³/mol. The van der Waals surface area contributed by atoms with Crippen molar-refractivity contribution in [2.45, 2.75) is 25.6 Å². The predicted octanol–water partition coefficient (Wildman–Crippen LogP) is 5.94. The number of rotatable bonds is 10. The first-order valence-corrected chi connectivity index (χ1v) is 12.0. The van der Waals surface area contributed by atoms with Gasteiger partial charge in [0, 0.05) is 37.0 Å². The van der Waals surface area contributed by atoms with Crippen molar-refractivity contribution in [2.75, 3.05) is 41.6 Å². The molecule has 0 unspecified atom stereocenters. The van der Waals surface area contributed by atoms with Crippen LogP contribution in [0.5, 0.6) is 5.75 Å². The molecule has 0 spiro atoms. The minimum atomic E-state index is -4.61. The molecule has 0 aliphatic carbocycles. The number of nitrogens with zero attached hydrogens (tertiary/aromatic N) is 3. The molecule has 0 atom stereocenters. The molecule has 1 amide bonds. The van der Waals surface area contributed by atoms with Crippen LogP contribution in [0.4, 0.5) is 47.6 Å². The van der Waals surface area contributed by atoms with E-state index in [1.807, 2.05) is 25.8 Å². The summed E-state index contributed by atoms with van der Waals surface area (Å²) in [5, 5.41) is 8.30. The maximum Gasteiger partial charge on any atom is 0.417 e. The lowest BCUT2D eigenvalue weighted by Crippen LogP contribution is -2.44. The third kappa shape index (κ3) is 7.98. The van der Waals surface area contributed by atoms with Crippen molar-refractivity contribution in [1.29, 1.82) is 0 Å². The van der Waals surface area contributed by atoms with Crippen LogP contribution >= 0.6 is 11.6 Å². The number of aromatic nitrogens is 2. The second-order valence-corrected chi connectivity index (χ2v) is 9.75. The fourth-order valence-corrected chi connectivity index (χ4v) is 3.96. The van der Waals surface area contributed by atoms with Gasteiger partial charge in [-0.15, -0.1) is 0 Å². The number of ether oxygens (including phenoxy) is 1. The smallest absolute Gasteiger partial charge is 0.417 e. The molecule has 13 heteroatoms. The highest BCUT2D eigenvalue weighted by Gasteiger charge is 2.33. The molecule has 2 aromatic carbocycles. The zero-order valence-electron chi connectivity index (χ0n) is 21.8. The molecule has 0 saturated carbocycles. The molecule has 0 aliphatic rings. The number of anilines is 6. The van der Waals surface area contributed by atoms with Crippen LogP contribution in [0, 0.1) is 0 Å². The average Bonchev–Trinajstić information content (AvgIpc) is 2.83. The van der Waals surface area contributed by atoms with Crippen LogP contribution in [-0.4, -0.2) is 42.1 Å². The largest absolute Gasteiger partial charge is 0.494 e. The number of hydrogen-bond acceptors (Lipinski definition) is 8. The fourth-order valence-electron chi connectivity index (χ4n) is 3.73. The number of likely N-dealkylation sites (N-methyl/N-ethyl adjacent to an activating group) is 1. The molecule has 3 rings (SSSR count). The van der Waals surface area contributed by atoms with Crippen LogP contribution in [0.25, 0.3) is 0 Å². The first-order valence-electron chi connectivity index (χ1n) is 11.6. The Hall–Kier alpha value is -4.03. The highest BCUT2D eigenvalue weighted by atomic mass is 35.5. The summed E-state index contributed by atoms with van der Waals surface area (Å²) >= 11 is 5.71. The third-order valence-corrected chi connectivity index (χ3v) is 5.62. The Bertz CT molecular complexity index is 1360. The van der Waals surface area contributed by atoms with Crippen molar-refractivity contribution in [3.05, 3.63) is 66.0 Å². The molecule has 1 aromatic heterocycles. The number of alkyl halides is 3. The van der Waals surface area contributed by atoms with Crippen LogP contribution in [0.1, 0.15) is 19.4 Å². The van der Waals surface area contributed by atoms with Gasteiger partial charge < -0.3 is 31.3 Å². The Balaban J connectivity index is 1.94. The highest BCUT2D eigenvalue weighted by Crippen LogP contribution is 2.39. The summed E-state index contributed by atoms with van der Waals surface area (Å²) in [5.41, 5.74) is 6.41. The topological polar surface area (TPSA) is 117 Å². The Morgan fingerprint density at radius 3 is 2.38 bits per heavy atom. The van der Waals surface area contributed by atoms with E-state index >= 15 is 0 Å². The van der Waals surface area contributed by atoms with Gasteiger partial charge in [0.2, 0.25) is 5.91 Å². The molecule has 5 N–H and O–H groups in total. The van der Waals surface area contributed by atoms with Gasteiger partial charge >= 0.3 is 6.18 Å². The summed E-state index contributed by atoms with van der Waals surface area (Å²) in [7, 11) is 3.33. The zero-order chi connectivity index (χ0) is 29.0. The molecule has 0 fully saturated rings. The minimum absolute atomic E-state index is 0.138. The second-order valence-electron chi connectivity index (χ2n) is 9.34. The van der Waals surface area contributed by atoms with Crippen LogP contribution in [0.15, 0.2) is 55.4 Å². The van der Waals surface area contributed by atoms with Gasteiger partial charge in [-0.3, -0.25) is 4.79 Å².